The molecule has 0 radical (unpaired) electrons. The van der Waals surface area contributed by atoms with Gasteiger partial charge in [-0.3, -0.25) is 0 Å². The molecule has 0 N–H and O–H groups in total. The van der Waals surface area contributed by atoms with E-state index in [2.05, 4.69) is 0 Å². The van der Waals surface area contributed by atoms with Crippen molar-refractivity contribution >= 4 is 77.7 Å². The van der Waals surface area contributed by atoms with Gasteiger partial charge in [0.1, 0.15) is 4.90 Å². The number of hydrogen-bond donors (Lipinski definition) is 0. The Morgan fingerprint density at radius 3 is 1.95 bits per heavy atom. The van der Waals surface area contributed by atoms with E-state index in [0.717, 1.165) is 0 Å². The predicted octanol–water partition coefficient (Wildman–Crippen LogP) is 6.41. The molecule has 0 aliphatic rings. The first-order valence-electron chi connectivity index (χ1n) is 5.62. The van der Waals surface area contributed by atoms with Crippen LogP contribution in [0.3, 0.4) is 0 Å². The summed E-state index contributed by atoms with van der Waals surface area (Å²) in [5, 5.41) is 0.142. The van der Waals surface area contributed by atoms with Crippen LogP contribution in [-0.2, 0) is 12.8 Å². The van der Waals surface area contributed by atoms with Gasteiger partial charge in [-0.2, -0.15) is 0 Å². The van der Waals surface area contributed by atoms with E-state index in [1.165, 1.54) is 12.1 Å². The first-order chi connectivity index (χ1) is 10.0. The van der Waals surface area contributed by atoms with Gasteiger partial charge in [-0.05, 0) is 17.7 Å². The Balaban J connectivity index is 2.88. The molecule has 0 spiro atoms. The fourth-order valence-electron chi connectivity index (χ4n) is 1.93. The third-order valence-electron chi connectivity index (χ3n) is 2.82. The molecule has 0 atom stereocenters. The summed E-state index contributed by atoms with van der Waals surface area (Å²) in [5.74, 6) is 0. The first kappa shape index (κ1) is 18.5. The minimum atomic E-state index is -4.09. The van der Waals surface area contributed by atoms with Crippen LogP contribution in [-0.4, -0.2) is 8.42 Å². The lowest BCUT2D eigenvalue weighted by Gasteiger charge is -2.20. The van der Waals surface area contributed by atoms with Gasteiger partial charge in [0.2, 0.25) is 3.79 Å². The molecule has 0 aromatic heterocycles. The highest BCUT2D eigenvalue weighted by Crippen LogP contribution is 2.49. The van der Waals surface area contributed by atoms with E-state index in [9.17, 15) is 8.42 Å². The van der Waals surface area contributed by atoms with E-state index in [1.54, 1.807) is 24.3 Å². The van der Waals surface area contributed by atoms with E-state index < -0.39 is 12.8 Å². The number of benzene rings is 2. The Kier molecular flexibility index (Phi) is 5.51. The van der Waals surface area contributed by atoms with Crippen molar-refractivity contribution in [1.29, 1.82) is 0 Å². The maximum Gasteiger partial charge on any atom is 0.262 e. The van der Waals surface area contributed by atoms with Gasteiger partial charge in [-0.1, -0.05) is 82.3 Å². The summed E-state index contributed by atoms with van der Waals surface area (Å²) in [5.41, 5.74) is 0.944. The van der Waals surface area contributed by atoms with Crippen LogP contribution in [0.5, 0.6) is 0 Å². The number of hydrogen-bond acceptors (Lipinski definition) is 2. The van der Waals surface area contributed by atoms with Crippen LogP contribution >= 0.6 is 68.7 Å². The van der Waals surface area contributed by atoms with Gasteiger partial charge in [0, 0.05) is 26.8 Å². The number of halogens is 6. The zero-order chi connectivity index (χ0) is 16.7. The van der Waals surface area contributed by atoms with Crippen molar-refractivity contribution in [2.45, 2.75) is 8.69 Å². The second-order valence-corrected chi connectivity index (χ2v) is 9.82. The molecular formula is C13H6Cl6O2S. The normalized spacial score (nSPS) is 12.5. The quantitative estimate of drug-likeness (QED) is 0.400. The molecule has 0 heterocycles. The monoisotopic (exact) mass is 436 g/mol. The molecule has 0 saturated carbocycles. The molecule has 9 heteroatoms. The minimum absolute atomic E-state index is 0.00556. The van der Waals surface area contributed by atoms with Crippen molar-refractivity contribution in [2.24, 2.45) is 0 Å². The smallest absolute Gasteiger partial charge is 0.207 e. The summed E-state index contributed by atoms with van der Waals surface area (Å²) in [4.78, 5) is -0.340. The zero-order valence-corrected chi connectivity index (χ0v) is 15.8. The molecule has 2 rings (SSSR count). The second-order valence-electron chi connectivity index (χ2n) is 4.22. The van der Waals surface area contributed by atoms with Crippen LogP contribution in [0.25, 0.3) is 11.1 Å². The van der Waals surface area contributed by atoms with Crippen molar-refractivity contribution < 1.29 is 8.42 Å². The van der Waals surface area contributed by atoms with E-state index in [4.69, 9.17) is 68.7 Å². The Morgan fingerprint density at radius 1 is 0.864 bits per heavy atom. The van der Waals surface area contributed by atoms with Crippen molar-refractivity contribution in [1.82, 2.24) is 0 Å². The molecule has 0 aliphatic heterocycles. The Morgan fingerprint density at radius 2 is 1.45 bits per heavy atom. The topological polar surface area (TPSA) is 34.1 Å². The average Bonchev–Trinajstić information content (AvgIpc) is 2.35. The molecule has 0 amide bonds. The predicted molar refractivity (Wildman–Crippen MR) is 94.2 cm³/mol. The van der Waals surface area contributed by atoms with Crippen molar-refractivity contribution in [3.8, 4) is 11.1 Å². The van der Waals surface area contributed by atoms with E-state index in [0.29, 0.717) is 16.1 Å². The fourth-order valence-corrected chi connectivity index (χ4v) is 4.56. The first-order valence-corrected chi connectivity index (χ1v) is 9.82. The molecule has 0 bridgehead atoms. The molecule has 2 nitrogen and oxygen atoms in total. The van der Waals surface area contributed by atoms with Gasteiger partial charge in [-0.25, -0.2) is 8.42 Å². The summed E-state index contributed by atoms with van der Waals surface area (Å²) in [6.07, 6.45) is 0. The highest BCUT2D eigenvalue weighted by Gasteiger charge is 2.33. The van der Waals surface area contributed by atoms with Crippen LogP contribution in [0.2, 0.25) is 10.0 Å². The van der Waals surface area contributed by atoms with Gasteiger partial charge >= 0.3 is 0 Å². The zero-order valence-electron chi connectivity index (χ0n) is 10.5. The highest BCUT2D eigenvalue weighted by molar-refractivity contribution is 8.13. The SMILES string of the molecule is O=S(=O)(Cl)c1ccc(-c2ccccc2Cl)c(C(Cl)(Cl)Cl)c1Cl. The molecule has 0 fully saturated rings. The largest absolute Gasteiger partial charge is 0.262 e. The molecule has 0 unspecified atom stereocenters. The van der Waals surface area contributed by atoms with Crippen LogP contribution in [0.1, 0.15) is 5.56 Å². The summed E-state index contributed by atoms with van der Waals surface area (Å²) >= 11 is 30.1. The lowest BCUT2D eigenvalue weighted by atomic mass is 10.0. The minimum Gasteiger partial charge on any atom is -0.207 e. The third kappa shape index (κ3) is 3.78. The van der Waals surface area contributed by atoms with E-state index in [1.807, 2.05) is 0 Å². The summed E-state index contributed by atoms with van der Waals surface area (Å²) in [6, 6.07) is 9.51. The Hall–Kier alpha value is 0.130. The van der Waals surface area contributed by atoms with Crippen LogP contribution in [0, 0.1) is 0 Å². The number of rotatable bonds is 2. The average molecular weight is 439 g/mol. The van der Waals surface area contributed by atoms with Gasteiger partial charge in [0.25, 0.3) is 9.05 Å². The second kappa shape index (κ2) is 6.56. The van der Waals surface area contributed by atoms with Gasteiger partial charge in [0.15, 0.2) is 0 Å². The number of alkyl halides is 3. The summed E-state index contributed by atoms with van der Waals surface area (Å²) in [7, 11) is 1.25. The molecule has 22 heavy (non-hydrogen) atoms. The summed E-state index contributed by atoms with van der Waals surface area (Å²) < 4.78 is 21.2. The maximum atomic E-state index is 11.6. The van der Waals surface area contributed by atoms with Gasteiger partial charge in [0.05, 0.1) is 5.02 Å². The molecule has 118 valence electrons. The molecule has 0 saturated heterocycles. The lowest BCUT2D eigenvalue weighted by molar-refractivity contribution is 0.609. The highest BCUT2D eigenvalue weighted by atomic mass is 35.7. The molecule has 0 aliphatic carbocycles. The summed E-state index contributed by atoms with van der Waals surface area (Å²) in [6.45, 7) is 0. The lowest BCUT2D eigenvalue weighted by Crippen LogP contribution is -2.07. The molecular weight excluding hydrogens is 433 g/mol. The van der Waals surface area contributed by atoms with E-state index in [-0.39, 0.29) is 15.5 Å². The van der Waals surface area contributed by atoms with Crippen LogP contribution in [0.15, 0.2) is 41.3 Å². The fraction of sp³-hybridized carbons (Fsp3) is 0.0769. The van der Waals surface area contributed by atoms with Crippen LogP contribution in [0.4, 0.5) is 0 Å². The maximum absolute atomic E-state index is 11.6. The molecule has 2 aromatic carbocycles. The Labute approximate surface area is 157 Å². The van der Waals surface area contributed by atoms with Gasteiger partial charge in [-0.15, -0.1) is 0 Å². The molecule has 2 aromatic rings. The van der Waals surface area contributed by atoms with Crippen molar-refractivity contribution in [3.05, 3.63) is 52.0 Å². The van der Waals surface area contributed by atoms with Crippen molar-refractivity contribution in [2.75, 3.05) is 0 Å². The van der Waals surface area contributed by atoms with E-state index >= 15 is 0 Å². The van der Waals surface area contributed by atoms with Crippen LogP contribution < -0.4 is 0 Å². The third-order valence-corrected chi connectivity index (χ3v) is 5.58. The Bertz CT molecular complexity index is 827. The standard InChI is InChI=1S/C13H6Cl6O2S/c14-9-4-2-1-3-7(9)8-5-6-10(22(19,20)21)12(15)11(8)13(16,17)18/h1-6H. The van der Waals surface area contributed by atoms with Crippen molar-refractivity contribution in [3.63, 3.8) is 0 Å². The van der Waals surface area contributed by atoms with Gasteiger partial charge < -0.3 is 0 Å².